The standard InChI is InChI=1S/C13H24N2O2/c1-13(2,17-3)12(16)14-8-10-6-7-15(9-10)11-4-5-11/h10-11H,4-9H2,1-3H3,(H,14,16). The molecule has 1 N–H and O–H groups in total. The fraction of sp³-hybridized carbons (Fsp3) is 0.923. The molecule has 1 amide bonds. The van der Waals surface area contributed by atoms with Gasteiger partial charge in [0.15, 0.2) is 0 Å². The van der Waals surface area contributed by atoms with E-state index in [2.05, 4.69) is 10.2 Å². The summed E-state index contributed by atoms with van der Waals surface area (Å²) in [4.78, 5) is 14.4. The summed E-state index contributed by atoms with van der Waals surface area (Å²) >= 11 is 0. The van der Waals surface area contributed by atoms with Crippen molar-refractivity contribution in [3.05, 3.63) is 0 Å². The zero-order valence-electron chi connectivity index (χ0n) is 11.2. The van der Waals surface area contributed by atoms with E-state index in [0.717, 1.165) is 19.1 Å². The molecule has 1 atom stereocenters. The zero-order chi connectivity index (χ0) is 12.5. The van der Waals surface area contributed by atoms with Crippen LogP contribution in [0.3, 0.4) is 0 Å². The van der Waals surface area contributed by atoms with E-state index in [1.54, 1.807) is 21.0 Å². The van der Waals surface area contributed by atoms with Crippen LogP contribution in [0.5, 0.6) is 0 Å². The molecule has 1 unspecified atom stereocenters. The number of likely N-dealkylation sites (tertiary alicyclic amines) is 1. The molecule has 1 saturated heterocycles. The van der Waals surface area contributed by atoms with E-state index in [9.17, 15) is 4.79 Å². The molecule has 2 fully saturated rings. The van der Waals surface area contributed by atoms with Gasteiger partial charge in [0, 0.05) is 26.2 Å². The van der Waals surface area contributed by atoms with Gasteiger partial charge in [-0.1, -0.05) is 0 Å². The molecule has 98 valence electrons. The molecule has 17 heavy (non-hydrogen) atoms. The number of ether oxygens (including phenoxy) is 1. The van der Waals surface area contributed by atoms with Crippen molar-refractivity contribution in [3.63, 3.8) is 0 Å². The number of hydrogen-bond donors (Lipinski definition) is 1. The lowest BCUT2D eigenvalue weighted by atomic mass is 10.1. The molecule has 0 bridgehead atoms. The molecular formula is C13H24N2O2. The molecule has 2 aliphatic rings. The topological polar surface area (TPSA) is 41.6 Å². The summed E-state index contributed by atoms with van der Waals surface area (Å²) in [6, 6.07) is 0.853. The van der Waals surface area contributed by atoms with Gasteiger partial charge in [0.2, 0.25) is 0 Å². The molecule has 0 aromatic rings. The lowest BCUT2D eigenvalue weighted by molar-refractivity contribution is -0.139. The van der Waals surface area contributed by atoms with Crippen LogP contribution in [0.1, 0.15) is 33.1 Å². The van der Waals surface area contributed by atoms with Crippen molar-refractivity contribution < 1.29 is 9.53 Å². The monoisotopic (exact) mass is 240 g/mol. The highest BCUT2D eigenvalue weighted by molar-refractivity contribution is 5.84. The number of nitrogens with one attached hydrogen (secondary N) is 1. The Balaban J connectivity index is 1.70. The van der Waals surface area contributed by atoms with Crippen LogP contribution in [-0.2, 0) is 9.53 Å². The van der Waals surface area contributed by atoms with Crippen molar-refractivity contribution >= 4 is 5.91 Å². The van der Waals surface area contributed by atoms with Crippen LogP contribution in [0.2, 0.25) is 0 Å². The highest BCUT2D eigenvalue weighted by Gasteiger charge is 2.35. The Kier molecular flexibility index (Phi) is 3.73. The second-order valence-electron chi connectivity index (χ2n) is 5.81. The van der Waals surface area contributed by atoms with Crippen molar-refractivity contribution in [2.24, 2.45) is 5.92 Å². The van der Waals surface area contributed by atoms with Gasteiger partial charge >= 0.3 is 0 Å². The molecule has 0 aromatic heterocycles. The largest absolute Gasteiger partial charge is 0.369 e. The van der Waals surface area contributed by atoms with Gasteiger partial charge in [-0.2, -0.15) is 0 Å². The normalized spacial score (nSPS) is 26.2. The zero-order valence-corrected chi connectivity index (χ0v) is 11.2. The summed E-state index contributed by atoms with van der Waals surface area (Å²) < 4.78 is 5.16. The number of rotatable bonds is 5. The molecule has 1 aliphatic heterocycles. The van der Waals surface area contributed by atoms with Gasteiger partial charge < -0.3 is 15.0 Å². The Labute approximate surface area is 104 Å². The van der Waals surface area contributed by atoms with Crippen molar-refractivity contribution in [2.45, 2.75) is 44.8 Å². The quantitative estimate of drug-likeness (QED) is 0.780. The third-order valence-corrected chi connectivity index (χ3v) is 3.99. The Morgan fingerprint density at radius 3 is 2.71 bits per heavy atom. The van der Waals surface area contributed by atoms with Crippen molar-refractivity contribution in [3.8, 4) is 0 Å². The summed E-state index contributed by atoms with van der Waals surface area (Å²) in [7, 11) is 1.57. The number of hydrogen-bond acceptors (Lipinski definition) is 3. The van der Waals surface area contributed by atoms with Gasteiger partial charge in [-0.15, -0.1) is 0 Å². The van der Waals surface area contributed by atoms with Crippen LogP contribution >= 0.6 is 0 Å². The van der Waals surface area contributed by atoms with Gasteiger partial charge in [-0.25, -0.2) is 0 Å². The first-order valence-corrected chi connectivity index (χ1v) is 6.60. The third-order valence-electron chi connectivity index (χ3n) is 3.99. The first-order valence-electron chi connectivity index (χ1n) is 6.60. The molecule has 0 aromatic carbocycles. The molecule has 1 saturated carbocycles. The summed E-state index contributed by atoms with van der Waals surface area (Å²) in [5.74, 6) is 0.608. The number of carbonyl (C=O) groups excluding carboxylic acids is 1. The van der Waals surface area contributed by atoms with Crippen LogP contribution in [0.25, 0.3) is 0 Å². The predicted molar refractivity (Wildman–Crippen MR) is 66.8 cm³/mol. The van der Waals surface area contributed by atoms with Crippen LogP contribution in [-0.4, -0.2) is 49.2 Å². The molecule has 1 aliphatic carbocycles. The van der Waals surface area contributed by atoms with Gasteiger partial charge in [0.1, 0.15) is 5.60 Å². The minimum absolute atomic E-state index is 0.00938. The van der Waals surface area contributed by atoms with Crippen molar-refractivity contribution in [2.75, 3.05) is 26.7 Å². The minimum Gasteiger partial charge on any atom is -0.369 e. The number of nitrogens with zero attached hydrogens (tertiary/aromatic N) is 1. The van der Waals surface area contributed by atoms with Crippen LogP contribution in [0.15, 0.2) is 0 Å². The van der Waals surface area contributed by atoms with E-state index in [-0.39, 0.29) is 5.91 Å². The Morgan fingerprint density at radius 1 is 1.41 bits per heavy atom. The van der Waals surface area contributed by atoms with Gasteiger partial charge in [-0.3, -0.25) is 4.79 Å². The Bertz CT molecular complexity index is 287. The fourth-order valence-corrected chi connectivity index (χ4v) is 2.34. The maximum absolute atomic E-state index is 11.8. The second kappa shape index (κ2) is 4.94. The highest BCUT2D eigenvalue weighted by atomic mass is 16.5. The molecule has 4 heteroatoms. The van der Waals surface area contributed by atoms with Crippen molar-refractivity contribution in [1.82, 2.24) is 10.2 Å². The molecule has 0 spiro atoms. The summed E-state index contributed by atoms with van der Waals surface area (Å²) in [6.07, 6.45) is 3.95. The molecule has 0 radical (unpaired) electrons. The smallest absolute Gasteiger partial charge is 0.251 e. The van der Waals surface area contributed by atoms with Crippen molar-refractivity contribution in [1.29, 1.82) is 0 Å². The molecule has 2 rings (SSSR count). The van der Waals surface area contributed by atoms with E-state index in [1.165, 1.54) is 25.8 Å². The first-order chi connectivity index (χ1) is 8.03. The second-order valence-corrected chi connectivity index (χ2v) is 5.81. The molecule has 1 heterocycles. The van der Waals surface area contributed by atoms with Crippen LogP contribution < -0.4 is 5.32 Å². The predicted octanol–water partition coefficient (Wildman–Crippen LogP) is 1.01. The fourth-order valence-electron chi connectivity index (χ4n) is 2.34. The summed E-state index contributed by atoms with van der Waals surface area (Å²) in [5, 5.41) is 3.01. The van der Waals surface area contributed by atoms with E-state index in [0.29, 0.717) is 5.92 Å². The summed E-state index contributed by atoms with van der Waals surface area (Å²) in [5.41, 5.74) is -0.714. The highest BCUT2D eigenvalue weighted by Crippen LogP contribution is 2.31. The maximum atomic E-state index is 11.8. The van der Waals surface area contributed by atoms with Gasteiger partial charge in [0.05, 0.1) is 0 Å². The van der Waals surface area contributed by atoms with E-state index in [4.69, 9.17) is 4.74 Å². The van der Waals surface area contributed by atoms with Gasteiger partial charge in [0.25, 0.3) is 5.91 Å². The van der Waals surface area contributed by atoms with E-state index < -0.39 is 5.60 Å². The van der Waals surface area contributed by atoms with Crippen LogP contribution in [0.4, 0.5) is 0 Å². The number of amides is 1. The van der Waals surface area contributed by atoms with Gasteiger partial charge in [-0.05, 0) is 45.6 Å². The average molecular weight is 240 g/mol. The molecular weight excluding hydrogens is 216 g/mol. The Morgan fingerprint density at radius 2 is 2.12 bits per heavy atom. The maximum Gasteiger partial charge on any atom is 0.251 e. The Hall–Kier alpha value is -0.610. The minimum atomic E-state index is -0.714. The first kappa shape index (κ1) is 12.8. The SMILES string of the molecule is COC(C)(C)C(=O)NCC1CCN(C2CC2)C1. The van der Waals surface area contributed by atoms with E-state index in [1.807, 2.05) is 0 Å². The molecule has 4 nitrogen and oxygen atoms in total. The van der Waals surface area contributed by atoms with Crippen LogP contribution in [0, 0.1) is 5.92 Å². The third kappa shape index (κ3) is 3.19. The lowest BCUT2D eigenvalue weighted by Gasteiger charge is -2.23. The average Bonchev–Trinajstić information content (AvgIpc) is 3.06. The number of methoxy groups -OCH3 is 1. The number of carbonyl (C=O) groups is 1. The lowest BCUT2D eigenvalue weighted by Crippen LogP contribution is -2.45. The van der Waals surface area contributed by atoms with E-state index >= 15 is 0 Å². The summed E-state index contributed by atoms with van der Waals surface area (Å²) in [6.45, 7) is 6.74.